The van der Waals surface area contributed by atoms with Gasteiger partial charge in [-0.15, -0.1) is 0 Å². The van der Waals surface area contributed by atoms with Crippen LogP contribution in [0.15, 0.2) is 6.33 Å². The summed E-state index contributed by atoms with van der Waals surface area (Å²) in [7, 11) is 0. The first-order valence-corrected chi connectivity index (χ1v) is 6.43. The van der Waals surface area contributed by atoms with Crippen molar-refractivity contribution in [3.63, 3.8) is 0 Å². The third-order valence-corrected chi connectivity index (χ3v) is 3.97. The van der Waals surface area contributed by atoms with E-state index in [0.29, 0.717) is 18.5 Å². The number of ether oxygens (including phenoxy) is 1. The Kier molecular flexibility index (Phi) is 3.43. The van der Waals surface area contributed by atoms with Gasteiger partial charge < -0.3 is 15.8 Å². The maximum atomic E-state index is 6.02. The number of hydrogen-bond donors (Lipinski definition) is 2. The Bertz CT molecular complexity index is 433. The SMILES string of the molecule is CCOc1ncnc(NC2CC(N)C2(C)C)c1C. The van der Waals surface area contributed by atoms with E-state index in [-0.39, 0.29) is 11.5 Å². The summed E-state index contributed by atoms with van der Waals surface area (Å²) in [4.78, 5) is 8.42. The third kappa shape index (κ3) is 2.14. The van der Waals surface area contributed by atoms with Crippen LogP contribution in [0.4, 0.5) is 5.82 Å². The highest BCUT2D eigenvalue weighted by Crippen LogP contribution is 2.41. The molecule has 0 aromatic carbocycles. The quantitative estimate of drug-likeness (QED) is 0.851. The minimum absolute atomic E-state index is 0.100. The van der Waals surface area contributed by atoms with Crippen molar-refractivity contribution in [3.05, 3.63) is 11.9 Å². The number of nitrogens with two attached hydrogens (primary N) is 1. The number of nitrogens with zero attached hydrogens (tertiary/aromatic N) is 2. The van der Waals surface area contributed by atoms with Crippen molar-refractivity contribution < 1.29 is 4.74 Å². The molecular formula is C13H22N4O. The van der Waals surface area contributed by atoms with Gasteiger partial charge in [-0.3, -0.25) is 0 Å². The first-order chi connectivity index (χ1) is 8.46. The molecular weight excluding hydrogens is 228 g/mol. The lowest BCUT2D eigenvalue weighted by Crippen LogP contribution is -2.61. The predicted molar refractivity (Wildman–Crippen MR) is 71.7 cm³/mol. The first-order valence-electron chi connectivity index (χ1n) is 6.43. The van der Waals surface area contributed by atoms with E-state index in [9.17, 15) is 0 Å². The number of rotatable bonds is 4. The molecule has 1 saturated carbocycles. The van der Waals surface area contributed by atoms with Crippen LogP contribution < -0.4 is 15.8 Å². The lowest BCUT2D eigenvalue weighted by atomic mass is 9.63. The Hall–Kier alpha value is -1.36. The Balaban J connectivity index is 2.13. The molecule has 0 radical (unpaired) electrons. The Morgan fingerprint density at radius 2 is 2.22 bits per heavy atom. The van der Waals surface area contributed by atoms with Crippen LogP contribution in [0.1, 0.15) is 32.8 Å². The average molecular weight is 250 g/mol. The molecule has 1 heterocycles. The zero-order valence-corrected chi connectivity index (χ0v) is 11.5. The molecule has 1 fully saturated rings. The van der Waals surface area contributed by atoms with Crippen molar-refractivity contribution in [1.82, 2.24) is 9.97 Å². The minimum atomic E-state index is 0.100. The Morgan fingerprint density at radius 3 is 2.78 bits per heavy atom. The van der Waals surface area contributed by atoms with Gasteiger partial charge >= 0.3 is 0 Å². The van der Waals surface area contributed by atoms with E-state index in [0.717, 1.165) is 17.8 Å². The maximum absolute atomic E-state index is 6.02. The predicted octanol–water partition coefficient (Wildman–Crippen LogP) is 1.72. The van der Waals surface area contributed by atoms with Gasteiger partial charge in [0.25, 0.3) is 0 Å². The van der Waals surface area contributed by atoms with Gasteiger partial charge in [0.15, 0.2) is 0 Å². The van der Waals surface area contributed by atoms with Crippen LogP contribution in [0.25, 0.3) is 0 Å². The van der Waals surface area contributed by atoms with Gasteiger partial charge in [-0.1, -0.05) is 13.8 Å². The monoisotopic (exact) mass is 250 g/mol. The van der Waals surface area contributed by atoms with Gasteiger partial charge in [-0.25, -0.2) is 9.97 Å². The summed E-state index contributed by atoms with van der Waals surface area (Å²) in [6.45, 7) is 8.89. The Morgan fingerprint density at radius 1 is 1.50 bits per heavy atom. The summed E-state index contributed by atoms with van der Waals surface area (Å²) in [6, 6.07) is 0.610. The molecule has 2 atom stereocenters. The molecule has 1 aliphatic carbocycles. The molecule has 0 amide bonds. The smallest absolute Gasteiger partial charge is 0.221 e. The van der Waals surface area contributed by atoms with Crippen LogP contribution in [0.2, 0.25) is 0 Å². The first kappa shape index (κ1) is 13.1. The second-order valence-corrected chi connectivity index (χ2v) is 5.45. The lowest BCUT2D eigenvalue weighted by molar-refractivity contribution is 0.117. The molecule has 2 unspecified atom stereocenters. The summed E-state index contributed by atoms with van der Waals surface area (Å²) in [5.74, 6) is 1.50. The second-order valence-electron chi connectivity index (χ2n) is 5.45. The van der Waals surface area contributed by atoms with E-state index in [1.165, 1.54) is 6.33 Å². The summed E-state index contributed by atoms with van der Waals surface area (Å²) in [5, 5.41) is 3.46. The van der Waals surface area contributed by atoms with Crippen molar-refractivity contribution in [2.75, 3.05) is 11.9 Å². The third-order valence-electron chi connectivity index (χ3n) is 3.97. The molecule has 0 bridgehead atoms. The van der Waals surface area contributed by atoms with Crippen LogP contribution in [-0.4, -0.2) is 28.7 Å². The molecule has 1 aliphatic rings. The fourth-order valence-electron chi connectivity index (χ4n) is 2.23. The Labute approximate surface area is 108 Å². The van der Waals surface area contributed by atoms with E-state index in [1.54, 1.807) is 0 Å². The average Bonchev–Trinajstić information content (AvgIpc) is 2.33. The number of anilines is 1. The van der Waals surface area contributed by atoms with Crippen LogP contribution in [0.5, 0.6) is 5.88 Å². The lowest BCUT2D eigenvalue weighted by Gasteiger charge is -2.50. The van der Waals surface area contributed by atoms with Crippen LogP contribution in [0, 0.1) is 12.3 Å². The minimum Gasteiger partial charge on any atom is -0.478 e. The molecule has 0 aliphatic heterocycles. The van der Waals surface area contributed by atoms with E-state index in [1.807, 2.05) is 13.8 Å². The van der Waals surface area contributed by atoms with Crippen molar-refractivity contribution in [3.8, 4) is 5.88 Å². The fraction of sp³-hybridized carbons (Fsp3) is 0.692. The largest absolute Gasteiger partial charge is 0.478 e. The zero-order chi connectivity index (χ0) is 13.3. The molecule has 5 nitrogen and oxygen atoms in total. The topological polar surface area (TPSA) is 73.1 Å². The van der Waals surface area contributed by atoms with Gasteiger partial charge in [0.2, 0.25) is 5.88 Å². The van der Waals surface area contributed by atoms with Crippen molar-refractivity contribution in [1.29, 1.82) is 0 Å². The summed E-state index contributed by atoms with van der Waals surface area (Å²) >= 11 is 0. The maximum Gasteiger partial charge on any atom is 0.221 e. The van der Waals surface area contributed by atoms with Gasteiger partial charge in [-0.05, 0) is 20.3 Å². The van der Waals surface area contributed by atoms with Crippen molar-refractivity contribution >= 4 is 5.82 Å². The van der Waals surface area contributed by atoms with Gasteiger partial charge in [0.05, 0.1) is 12.2 Å². The van der Waals surface area contributed by atoms with Crippen LogP contribution in [-0.2, 0) is 0 Å². The van der Waals surface area contributed by atoms with Gasteiger partial charge in [0, 0.05) is 17.5 Å². The second kappa shape index (κ2) is 4.72. The number of hydrogen-bond acceptors (Lipinski definition) is 5. The molecule has 1 aromatic rings. The fourth-order valence-corrected chi connectivity index (χ4v) is 2.23. The van der Waals surface area contributed by atoms with Crippen molar-refractivity contribution in [2.45, 2.75) is 46.2 Å². The van der Waals surface area contributed by atoms with Gasteiger partial charge in [0.1, 0.15) is 12.1 Å². The van der Waals surface area contributed by atoms with E-state index < -0.39 is 0 Å². The number of nitrogens with one attached hydrogen (secondary N) is 1. The summed E-state index contributed by atoms with van der Waals surface area (Å²) < 4.78 is 5.47. The molecule has 0 saturated heterocycles. The molecule has 100 valence electrons. The van der Waals surface area contributed by atoms with Crippen LogP contribution >= 0.6 is 0 Å². The van der Waals surface area contributed by atoms with E-state index in [4.69, 9.17) is 10.5 Å². The molecule has 5 heteroatoms. The van der Waals surface area contributed by atoms with E-state index >= 15 is 0 Å². The molecule has 18 heavy (non-hydrogen) atoms. The summed E-state index contributed by atoms with van der Waals surface area (Å²) in [5.41, 5.74) is 7.07. The van der Waals surface area contributed by atoms with E-state index in [2.05, 4.69) is 29.1 Å². The highest BCUT2D eigenvalue weighted by Gasteiger charge is 2.46. The standard InChI is InChI=1S/C13H22N4O/c1-5-18-12-8(2)11(15-7-16-12)17-10-6-9(14)13(10,3)4/h7,9-10H,5-6,14H2,1-4H3,(H,15,16,17). The highest BCUT2D eigenvalue weighted by molar-refractivity contribution is 5.49. The van der Waals surface area contributed by atoms with Crippen LogP contribution in [0.3, 0.4) is 0 Å². The summed E-state index contributed by atoms with van der Waals surface area (Å²) in [6.07, 6.45) is 2.51. The zero-order valence-electron chi connectivity index (χ0n) is 11.5. The normalized spacial score (nSPS) is 25.4. The molecule has 1 aromatic heterocycles. The van der Waals surface area contributed by atoms with Crippen molar-refractivity contribution in [2.24, 2.45) is 11.1 Å². The molecule has 3 N–H and O–H groups in total. The molecule has 2 rings (SSSR count). The highest BCUT2D eigenvalue weighted by atomic mass is 16.5. The molecule has 0 spiro atoms. The van der Waals surface area contributed by atoms with Gasteiger partial charge in [-0.2, -0.15) is 0 Å². The number of aromatic nitrogens is 2.